The minimum Gasteiger partial charge on any atom is -0.356 e. The zero-order valence-corrected chi connectivity index (χ0v) is 22.9. The summed E-state index contributed by atoms with van der Waals surface area (Å²) in [6.45, 7) is 0. The van der Waals surface area contributed by atoms with Gasteiger partial charge in [0.05, 0.1) is 0 Å². The summed E-state index contributed by atoms with van der Waals surface area (Å²) < 4.78 is 0. The zero-order chi connectivity index (χ0) is 27.4. The van der Waals surface area contributed by atoms with Crippen molar-refractivity contribution in [3.05, 3.63) is 163 Å². The summed E-state index contributed by atoms with van der Waals surface area (Å²) in [6, 6.07) is 52.2. The average Bonchev–Trinajstić information content (AvgIpc) is 3.06. The Bertz CT molecular complexity index is 1810. The lowest BCUT2D eigenvalue weighted by Gasteiger charge is -2.19. The molecular weight excluding hydrogens is 494 g/mol. The molecule has 0 saturated carbocycles. The van der Waals surface area contributed by atoms with Crippen molar-refractivity contribution in [3.63, 3.8) is 0 Å². The van der Waals surface area contributed by atoms with Gasteiger partial charge in [0.2, 0.25) is 0 Å². The van der Waals surface area contributed by atoms with E-state index in [1.165, 1.54) is 55.6 Å². The van der Waals surface area contributed by atoms with E-state index in [9.17, 15) is 0 Å². The molecule has 1 N–H and O–H groups in total. The highest BCUT2D eigenvalue weighted by Crippen LogP contribution is 2.39. The standard InChI is InChI=1S/C40H31N/c1-3-10-29(11-4-1)30-18-23-35(24-19-30)41-36-25-20-31(21-26-36)34-22-27-39(40(28-34)33-12-5-2-6-13-33)38-17-9-15-32-14-7-8-16-37(32)38/h1-7,9-15,17-28,41H,8,16H2. The van der Waals surface area contributed by atoms with Crippen molar-refractivity contribution in [1.29, 1.82) is 0 Å². The van der Waals surface area contributed by atoms with E-state index in [1.54, 1.807) is 0 Å². The summed E-state index contributed by atoms with van der Waals surface area (Å²) in [6.07, 6.45) is 6.74. The normalized spacial score (nSPS) is 12.1. The molecule has 0 spiro atoms. The molecule has 1 nitrogen and oxygen atoms in total. The molecule has 0 fully saturated rings. The second kappa shape index (κ2) is 11.2. The maximum Gasteiger partial charge on any atom is 0.0384 e. The van der Waals surface area contributed by atoms with Crippen LogP contribution in [0, 0.1) is 0 Å². The fourth-order valence-corrected chi connectivity index (χ4v) is 5.83. The summed E-state index contributed by atoms with van der Waals surface area (Å²) in [5.74, 6) is 0. The van der Waals surface area contributed by atoms with Crippen molar-refractivity contribution in [1.82, 2.24) is 0 Å². The Labute approximate surface area is 242 Å². The molecular formula is C40H31N. The number of benzene rings is 6. The predicted octanol–water partition coefficient (Wildman–Crippen LogP) is 11.1. The van der Waals surface area contributed by atoms with Gasteiger partial charge in [0.25, 0.3) is 0 Å². The smallest absolute Gasteiger partial charge is 0.0384 e. The Morgan fingerprint density at radius 3 is 1.68 bits per heavy atom. The van der Waals surface area contributed by atoms with E-state index >= 15 is 0 Å². The van der Waals surface area contributed by atoms with E-state index in [2.05, 4.69) is 157 Å². The second-order valence-corrected chi connectivity index (χ2v) is 10.6. The monoisotopic (exact) mass is 525 g/mol. The molecule has 1 aliphatic carbocycles. The highest BCUT2D eigenvalue weighted by Gasteiger charge is 2.16. The van der Waals surface area contributed by atoms with Crippen molar-refractivity contribution in [2.24, 2.45) is 0 Å². The van der Waals surface area contributed by atoms with Crippen LogP contribution in [0.15, 0.2) is 152 Å². The van der Waals surface area contributed by atoms with Crippen LogP contribution < -0.4 is 5.32 Å². The average molecular weight is 526 g/mol. The zero-order valence-electron chi connectivity index (χ0n) is 22.9. The van der Waals surface area contributed by atoms with Gasteiger partial charge in [-0.2, -0.15) is 0 Å². The van der Waals surface area contributed by atoms with Gasteiger partial charge in [-0.05, 0) is 98.8 Å². The minimum absolute atomic E-state index is 1.07. The number of fused-ring (bicyclic) bond motifs is 1. The Kier molecular flexibility index (Phi) is 6.77. The first-order valence-electron chi connectivity index (χ1n) is 14.3. The number of anilines is 2. The van der Waals surface area contributed by atoms with Gasteiger partial charge in [0.15, 0.2) is 0 Å². The molecule has 6 aromatic carbocycles. The van der Waals surface area contributed by atoms with Crippen LogP contribution in [0.4, 0.5) is 11.4 Å². The van der Waals surface area contributed by atoms with Crippen molar-refractivity contribution < 1.29 is 0 Å². The molecule has 0 radical (unpaired) electrons. The molecule has 1 heteroatoms. The van der Waals surface area contributed by atoms with Crippen LogP contribution in [0.2, 0.25) is 0 Å². The summed E-state index contributed by atoms with van der Waals surface area (Å²) >= 11 is 0. The van der Waals surface area contributed by atoms with Gasteiger partial charge in [-0.1, -0.05) is 127 Å². The summed E-state index contributed by atoms with van der Waals surface area (Å²) in [5.41, 5.74) is 15.0. The maximum absolute atomic E-state index is 3.55. The molecule has 0 saturated heterocycles. The molecule has 0 bridgehead atoms. The van der Waals surface area contributed by atoms with Crippen LogP contribution in [0.25, 0.3) is 50.6 Å². The SMILES string of the molecule is C1=Cc2cccc(-c3ccc(-c4ccc(Nc5ccc(-c6ccccc6)cc5)cc4)cc3-c3ccccc3)c2CC1. The van der Waals surface area contributed by atoms with Crippen LogP contribution in [0.1, 0.15) is 17.5 Å². The van der Waals surface area contributed by atoms with E-state index in [1.807, 2.05) is 6.07 Å². The minimum atomic E-state index is 1.07. The van der Waals surface area contributed by atoms with Gasteiger partial charge in [0.1, 0.15) is 0 Å². The van der Waals surface area contributed by atoms with Crippen molar-refractivity contribution in [3.8, 4) is 44.5 Å². The Balaban J connectivity index is 1.18. The van der Waals surface area contributed by atoms with Crippen LogP contribution in [0.3, 0.4) is 0 Å². The summed E-state index contributed by atoms with van der Waals surface area (Å²) in [5, 5.41) is 3.55. The third-order valence-electron chi connectivity index (χ3n) is 7.96. The van der Waals surface area contributed by atoms with Gasteiger partial charge in [-0.15, -0.1) is 0 Å². The summed E-state index contributed by atoms with van der Waals surface area (Å²) in [4.78, 5) is 0. The largest absolute Gasteiger partial charge is 0.356 e. The fourth-order valence-electron chi connectivity index (χ4n) is 5.83. The van der Waals surface area contributed by atoms with E-state index < -0.39 is 0 Å². The first-order valence-corrected chi connectivity index (χ1v) is 14.3. The lowest BCUT2D eigenvalue weighted by molar-refractivity contribution is 0.988. The Morgan fingerprint density at radius 1 is 0.415 bits per heavy atom. The maximum atomic E-state index is 3.55. The molecule has 196 valence electrons. The van der Waals surface area contributed by atoms with Crippen LogP contribution in [-0.2, 0) is 6.42 Å². The molecule has 7 rings (SSSR count). The van der Waals surface area contributed by atoms with E-state index in [0.717, 1.165) is 24.2 Å². The third kappa shape index (κ3) is 5.23. The molecule has 0 aromatic heterocycles. The van der Waals surface area contributed by atoms with Crippen LogP contribution in [0.5, 0.6) is 0 Å². The second-order valence-electron chi connectivity index (χ2n) is 10.6. The molecule has 0 aliphatic heterocycles. The van der Waals surface area contributed by atoms with Crippen molar-refractivity contribution in [2.75, 3.05) is 5.32 Å². The fraction of sp³-hybridized carbons (Fsp3) is 0.0500. The first kappa shape index (κ1) is 24.9. The Morgan fingerprint density at radius 2 is 1.00 bits per heavy atom. The van der Waals surface area contributed by atoms with Crippen LogP contribution in [-0.4, -0.2) is 0 Å². The molecule has 0 heterocycles. The van der Waals surface area contributed by atoms with Crippen molar-refractivity contribution >= 4 is 17.5 Å². The topological polar surface area (TPSA) is 12.0 Å². The van der Waals surface area contributed by atoms with Gasteiger partial charge in [-0.3, -0.25) is 0 Å². The molecule has 41 heavy (non-hydrogen) atoms. The van der Waals surface area contributed by atoms with Gasteiger partial charge >= 0.3 is 0 Å². The highest BCUT2D eigenvalue weighted by molar-refractivity contribution is 5.89. The number of hydrogen-bond donors (Lipinski definition) is 1. The number of hydrogen-bond acceptors (Lipinski definition) is 1. The molecule has 6 aromatic rings. The molecule has 1 aliphatic rings. The molecule has 0 amide bonds. The number of nitrogens with one attached hydrogen (secondary N) is 1. The van der Waals surface area contributed by atoms with E-state index in [-0.39, 0.29) is 0 Å². The quantitative estimate of drug-likeness (QED) is 0.228. The van der Waals surface area contributed by atoms with Gasteiger partial charge in [-0.25, -0.2) is 0 Å². The lowest BCUT2D eigenvalue weighted by Crippen LogP contribution is -1.98. The van der Waals surface area contributed by atoms with Crippen molar-refractivity contribution in [2.45, 2.75) is 12.8 Å². The summed E-state index contributed by atoms with van der Waals surface area (Å²) in [7, 11) is 0. The van der Waals surface area contributed by atoms with E-state index in [4.69, 9.17) is 0 Å². The van der Waals surface area contributed by atoms with Gasteiger partial charge < -0.3 is 5.32 Å². The highest BCUT2D eigenvalue weighted by atomic mass is 14.9. The number of allylic oxidation sites excluding steroid dienone is 1. The third-order valence-corrected chi connectivity index (χ3v) is 7.96. The van der Waals surface area contributed by atoms with E-state index in [0.29, 0.717) is 0 Å². The number of rotatable bonds is 6. The van der Waals surface area contributed by atoms with Gasteiger partial charge in [0, 0.05) is 11.4 Å². The predicted molar refractivity (Wildman–Crippen MR) is 175 cm³/mol. The lowest BCUT2D eigenvalue weighted by atomic mass is 9.85. The molecule has 0 atom stereocenters. The Hall–Kier alpha value is -5.14. The molecule has 0 unspecified atom stereocenters. The van der Waals surface area contributed by atoms with Crippen LogP contribution >= 0.6 is 0 Å². The first-order chi connectivity index (χ1) is 20.3.